The van der Waals surface area contributed by atoms with Crippen molar-refractivity contribution in [2.24, 2.45) is 28.3 Å². The van der Waals surface area contributed by atoms with Crippen molar-refractivity contribution in [3.63, 3.8) is 0 Å². The number of benzene rings is 1. The van der Waals surface area contributed by atoms with Crippen LogP contribution in [0.3, 0.4) is 0 Å². The Morgan fingerprint density at radius 2 is 1.67 bits per heavy atom. The monoisotopic (exact) mass is 370 g/mol. The lowest BCUT2D eigenvalue weighted by molar-refractivity contribution is -0.0482. The van der Waals surface area contributed by atoms with Gasteiger partial charge in [-0.25, -0.2) is 5.43 Å². The van der Waals surface area contributed by atoms with E-state index in [4.69, 9.17) is 9.47 Å². The molecular formula is C22H30N2O3. The number of carbonyl (C=O) groups is 1. The Balaban J connectivity index is 1.40. The summed E-state index contributed by atoms with van der Waals surface area (Å²) < 4.78 is 10.5. The molecule has 0 aromatic heterocycles. The van der Waals surface area contributed by atoms with Gasteiger partial charge in [0.2, 0.25) is 0 Å². The zero-order valence-electron chi connectivity index (χ0n) is 16.6. The van der Waals surface area contributed by atoms with E-state index in [0.29, 0.717) is 22.5 Å². The summed E-state index contributed by atoms with van der Waals surface area (Å²) in [6.45, 7) is 2.05. The highest BCUT2D eigenvalue weighted by atomic mass is 16.5. The van der Waals surface area contributed by atoms with Gasteiger partial charge in [0, 0.05) is 11.3 Å². The first kappa shape index (κ1) is 18.3. The van der Waals surface area contributed by atoms with E-state index in [1.807, 2.05) is 6.92 Å². The highest BCUT2D eigenvalue weighted by Crippen LogP contribution is 2.61. The molecule has 5 rings (SSSR count). The molecule has 4 aliphatic carbocycles. The van der Waals surface area contributed by atoms with E-state index in [1.165, 1.54) is 38.5 Å². The summed E-state index contributed by atoms with van der Waals surface area (Å²) >= 11 is 0. The normalized spacial score (nSPS) is 31.7. The van der Waals surface area contributed by atoms with Crippen LogP contribution in [0.4, 0.5) is 0 Å². The third-order valence-electron chi connectivity index (χ3n) is 6.79. The van der Waals surface area contributed by atoms with Crippen LogP contribution in [0.2, 0.25) is 0 Å². The Bertz CT molecular complexity index is 721. The second-order valence-corrected chi connectivity index (χ2v) is 8.95. The van der Waals surface area contributed by atoms with Crippen molar-refractivity contribution < 1.29 is 14.3 Å². The number of hydrogen-bond donors (Lipinski definition) is 1. The molecule has 27 heavy (non-hydrogen) atoms. The highest BCUT2D eigenvalue weighted by Gasteiger charge is 2.50. The van der Waals surface area contributed by atoms with E-state index >= 15 is 0 Å². The topological polar surface area (TPSA) is 59.9 Å². The summed E-state index contributed by atoms with van der Waals surface area (Å²) in [5, 5.41) is 4.42. The Kier molecular flexibility index (Phi) is 4.87. The molecule has 1 N–H and O–H groups in total. The maximum absolute atomic E-state index is 12.5. The van der Waals surface area contributed by atoms with E-state index in [9.17, 15) is 4.79 Å². The lowest BCUT2D eigenvalue weighted by Crippen LogP contribution is -2.46. The summed E-state index contributed by atoms with van der Waals surface area (Å²) in [5.41, 5.74) is 4.71. The molecule has 4 saturated carbocycles. The molecule has 4 fully saturated rings. The lowest BCUT2D eigenvalue weighted by atomic mass is 9.48. The van der Waals surface area contributed by atoms with Gasteiger partial charge in [0.1, 0.15) is 0 Å². The average molecular weight is 370 g/mol. The van der Waals surface area contributed by atoms with Crippen molar-refractivity contribution in [2.45, 2.75) is 51.9 Å². The predicted octanol–water partition coefficient (Wildman–Crippen LogP) is 4.42. The number of carbonyl (C=O) groups excluding carboxylic acids is 1. The van der Waals surface area contributed by atoms with Gasteiger partial charge in [0.25, 0.3) is 5.91 Å². The number of nitrogens with one attached hydrogen (secondary N) is 1. The van der Waals surface area contributed by atoms with Crippen molar-refractivity contribution in [3.05, 3.63) is 23.8 Å². The lowest BCUT2D eigenvalue weighted by Gasteiger charge is -2.57. The fourth-order valence-electron chi connectivity index (χ4n) is 6.28. The minimum Gasteiger partial charge on any atom is -0.493 e. The van der Waals surface area contributed by atoms with Crippen LogP contribution < -0.4 is 14.9 Å². The van der Waals surface area contributed by atoms with Crippen LogP contribution in [0.25, 0.3) is 0 Å². The van der Waals surface area contributed by atoms with Crippen LogP contribution in [0.5, 0.6) is 11.5 Å². The molecule has 0 radical (unpaired) electrons. The molecule has 1 aromatic rings. The van der Waals surface area contributed by atoms with Gasteiger partial charge < -0.3 is 9.47 Å². The summed E-state index contributed by atoms with van der Waals surface area (Å²) in [6, 6.07) is 5.14. The minimum absolute atomic E-state index is 0.221. The number of amides is 1. The van der Waals surface area contributed by atoms with Crippen molar-refractivity contribution >= 4 is 11.6 Å². The molecule has 0 atom stereocenters. The third kappa shape index (κ3) is 3.69. The zero-order chi connectivity index (χ0) is 19.0. The van der Waals surface area contributed by atoms with Gasteiger partial charge in [-0.1, -0.05) is 0 Å². The van der Waals surface area contributed by atoms with Crippen molar-refractivity contribution in [3.8, 4) is 11.5 Å². The molecule has 5 heteroatoms. The van der Waals surface area contributed by atoms with Crippen LogP contribution >= 0.6 is 0 Å². The largest absolute Gasteiger partial charge is 0.493 e. The van der Waals surface area contributed by atoms with Gasteiger partial charge in [-0.15, -0.1) is 0 Å². The molecule has 1 aromatic carbocycles. The fraction of sp³-hybridized carbons (Fsp3) is 0.636. The van der Waals surface area contributed by atoms with Crippen molar-refractivity contribution in [1.29, 1.82) is 0 Å². The molecule has 0 saturated heterocycles. The summed E-state index contributed by atoms with van der Waals surface area (Å²) in [7, 11) is 3.14. The third-order valence-corrected chi connectivity index (χ3v) is 6.79. The predicted molar refractivity (Wildman–Crippen MR) is 105 cm³/mol. The molecule has 0 spiro atoms. The Morgan fingerprint density at radius 3 is 2.22 bits per heavy atom. The molecular weight excluding hydrogens is 340 g/mol. The minimum atomic E-state index is -0.221. The Labute approximate surface area is 161 Å². The van der Waals surface area contributed by atoms with Gasteiger partial charge in [-0.2, -0.15) is 5.10 Å². The molecule has 0 aliphatic heterocycles. The first-order valence-electron chi connectivity index (χ1n) is 10.1. The molecule has 0 heterocycles. The first-order chi connectivity index (χ1) is 13.0. The summed E-state index contributed by atoms with van der Waals surface area (Å²) in [6.07, 6.45) is 9.44. The second kappa shape index (κ2) is 7.17. The number of rotatable bonds is 6. The fourth-order valence-corrected chi connectivity index (χ4v) is 6.28. The second-order valence-electron chi connectivity index (χ2n) is 8.95. The van der Waals surface area contributed by atoms with Gasteiger partial charge >= 0.3 is 0 Å². The molecule has 0 unspecified atom stereocenters. The van der Waals surface area contributed by atoms with Gasteiger partial charge in [-0.3, -0.25) is 4.79 Å². The Morgan fingerprint density at radius 1 is 1.07 bits per heavy atom. The van der Waals surface area contributed by atoms with E-state index in [2.05, 4.69) is 10.5 Å². The molecule has 4 aliphatic rings. The van der Waals surface area contributed by atoms with Crippen LogP contribution in [0.15, 0.2) is 23.3 Å². The van der Waals surface area contributed by atoms with E-state index in [1.54, 1.807) is 32.4 Å². The van der Waals surface area contributed by atoms with Crippen LogP contribution in [-0.4, -0.2) is 25.8 Å². The average Bonchev–Trinajstić information content (AvgIpc) is 2.64. The van der Waals surface area contributed by atoms with Gasteiger partial charge in [-0.05, 0) is 93.2 Å². The zero-order valence-corrected chi connectivity index (χ0v) is 16.6. The standard InChI is InChI=1S/C22H30N2O3/c1-14(10-22-11-15-6-16(12-22)8-17(7-15)13-22)23-24-21(25)18-4-5-19(26-2)20(9-18)27-3/h4-5,9,15-17H,6-8,10-13H2,1-3H3,(H,24,25)/b23-14-. The number of nitrogens with zero attached hydrogens (tertiary/aromatic N) is 1. The van der Waals surface area contributed by atoms with Crippen LogP contribution in [0, 0.1) is 23.2 Å². The summed E-state index contributed by atoms with van der Waals surface area (Å²) in [5.74, 6) is 3.73. The SMILES string of the molecule is COc1ccc(C(=O)N/N=C(/C)CC23CC4CC(CC(C4)C2)C3)cc1OC. The molecule has 4 bridgehead atoms. The van der Waals surface area contributed by atoms with E-state index in [0.717, 1.165) is 29.9 Å². The van der Waals surface area contributed by atoms with Gasteiger partial charge in [0.15, 0.2) is 11.5 Å². The number of hydrazone groups is 1. The molecule has 146 valence electrons. The van der Waals surface area contributed by atoms with Crippen LogP contribution in [-0.2, 0) is 0 Å². The quantitative estimate of drug-likeness (QED) is 0.596. The molecule has 1 amide bonds. The maximum atomic E-state index is 12.5. The smallest absolute Gasteiger partial charge is 0.271 e. The van der Waals surface area contributed by atoms with Crippen LogP contribution in [0.1, 0.15) is 62.2 Å². The van der Waals surface area contributed by atoms with E-state index in [-0.39, 0.29) is 5.91 Å². The van der Waals surface area contributed by atoms with Crippen molar-refractivity contribution in [2.75, 3.05) is 14.2 Å². The highest BCUT2D eigenvalue weighted by molar-refractivity contribution is 5.95. The number of hydrogen-bond acceptors (Lipinski definition) is 4. The number of ether oxygens (including phenoxy) is 2. The number of methoxy groups -OCH3 is 2. The molecule has 5 nitrogen and oxygen atoms in total. The van der Waals surface area contributed by atoms with Crippen molar-refractivity contribution in [1.82, 2.24) is 5.43 Å². The Hall–Kier alpha value is -2.04. The first-order valence-corrected chi connectivity index (χ1v) is 10.1. The maximum Gasteiger partial charge on any atom is 0.271 e. The summed E-state index contributed by atoms with van der Waals surface area (Å²) in [4.78, 5) is 12.5. The van der Waals surface area contributed by atoms with Gasteiger partial charge in [0.05, 0.1) is 14.2 Å². The van der Waals surface area contributed by atoms with E-state index < -0.39 is 0 Å².